The standard InChI is InChI=1S/C18H22N6O/c1-12(17-8-9-20-23-17)21-18(25)22-16-6-4-15(5-7-16)13(2)24-11-10-19-14(24)3/h4-13H,1-3H3,(H,20,23)(H2,21,22,25)/t12-,13-/m0/s1. The van der Waals surface area contributed by atoms with Gasteiger partial charge in [0, 0.05) is 24.3 Å². The molecule has 2 aromatic heterocycles. The first-order valence-corrected chi connectivity index (χ1v) is 8.21. The van der Waals surface area contributed by atoms with Crippen molar-refractivity contribution in [3.63, 3.8) is 0 Å². The molecule has 2 heterocycles. The summed E-state index contributed by atoms with van der Waals surface area (Å²) in [6, 6.07) is 9.44. The number of amides is 2. The van der Waals surface area contributed by atoms with E-state index in [1.807, 2.05) is 50.4 Å². The van der Waals surface area contributed by atoms with Crippen molar-refractivity contribution in [1.29, 1.82) is 0 Å². The molecular weight excluding hydrogens is 316 g/mol. The quantitative estimate of drug-likeness (QED) is 0.666. The van der Waals surface area contributed by atoms with Crippen molar-refractivity contribution >= 4 is 11.7 Å². The topological polar surface area (TPSA) is 87.6 Å². The third-order valence-corrected chi connectivity index (χ3v) is 4.27. The van der Waals surface area contributed by atoms with Crippen LogP contribution in [0.3, 0.4) is 0 Å². The first-order chi connectivity index (χ1) is 12.0. The van der Waals surface area contributed by atoms with E-state index in [0.717, 1.165) is 22.8 Å². The average molecular weight is 338 g/mol. The molecule has 3 aromatic rings. The van der Waals surface area contributed by atoms with Gasteiger partial charge in [0.1, 0.15) is 5.82 Å². The highest BCUT2D eigenvalue weighted by Gasteiger charge is 2.12. The number of carbonyl (C=O) groups is 1. The Balaban J connectivity index is 1.61. The predicted molar refractivity (Wildman–Crippen MR) is 96.4 cm³/mol. The van der Waals surface area contributed by atoms with Crippen LogP contribution in [0, 0.1) is 6.92 Å². The number of imidazole rings is 1. The molecule has 0 bridgehead atoms. The normalized spacial score (nSPS) is 13.2. The van der Waals surface area contributed by atoms with Gasteiger partial charge in [-0.15, -0.1) is 0 Å². The van der Waals surface area contributed by atoms with E-state index in [1.165, 1.54) is 0 Å². The zero-order valence-electron chi connectivity index (χ0n) is 14.5. The third kappa shape index (κ3) is 3.88. The van der Waals surface area contributed by atoms with Crippen LogP contribution in [0.2, 0.25) is 0 Å². The lowest BCUT2D eigenvalue weighted by Gasteiger charge is -2.17. The molecule has 1 aromatic carbocycles. The van der Waals surface area contributed by atoms with Crippen molar-refractivity contribution in [3.05, 3.63) is 66.0 Å². The Morgan fingerprint density at radius 3 is 2.52 bits per heavy atom. The molecule has 0 fully saturated rings. The van der Waals surface area contributed by atoms with Gasteiger partial charge in [0.15, 0.2) is 0 Å². The SMILES string of the molecule is Cc1nccn1[C@@H](C)c1ccc(NC(=O)N[C@@H](C)c2ccn[nH]2)cc1. The van der Waals surface area contributed by atoms with E-state index in [0.29, 0.717) is 0 Å². The molecule has 0 saturated carbocycles. The molecule has 0 spiro atoms. The second kappa shape index (κ2) is 7.21. The second-order valence-corrected chi connectivity index (χ2v) is 6.01. The van der Waals surface area contributed by atoms with Crippen LogP contribution >= 0.6 is 0 Å². The molecule has 7 nitrogen and oxygen atoms in total. The minimum absolute atomic E-state index is 0.147. The van der Waals surface area contributed by atoms with E-state index in [-0.39, 0.29) is 18.1 Å². The summed E-state index contributed by atoms with van der Waals surface area (Å²) in [6.45, 7) is 6.00. The molecule has 3 N–H and O–H groups in total. The van der Waals surface area contributed by atoms with Crippen molar-refractivity contribution in [2.75, 3.05) is 5.32 Å². The number of aryl methyl sites for hydroxylation is 1. The first-order valence-electron chi connectivity index (χ1n) is 8.21. The number of carbonyl (C=O) groups excluding carboxylic acids is 1. The zero-order chi connectivity index (χ0) is 17.8. The molecule has 2 amide bonds. The fraction of sp³-hybridized carbons (Fsp3) is 0.278. The number of rotatable bonds is 5. The number of nitrogens with one attached hydrogen (secondary N) is 3. The van der Waals surface area contributed by atoms with Crippen molar-refractivity contribution in [1.82, 2.24) is 25.1 Å². The number of anilines is 1. The molecule has 130 valence electrons. The largest absolute Gasteiger partial charge is 0.330 e. The first kappa shape index (κ1) is 16.8. The van der Waals surface area contributed by atoms with E-state index in [4.69, 9.17) is 0 Å². The van der Waals surface area contributed by atoms with Crippen LogP contribution in [0.25, 0.3) is 0 Å². The predicted octanol–water partition coefficient (Wildman–Crippen LogP) is 3.41. The lowest BCUT2D eigenvalue weighted by Crippen LogP contribution is -2.31. The fourth-order valence-corrected chi connectivity index (χ4v) is 2.75. The van der Waals surface area contributed by atoms with Crippen molar-refractivity contribution < 1.29 is 4.79 Å². The number of hydrogen-bond donors (Lipinski definition) is 3. The number of benzene rings is 1. The fourth-order valence-electron chi connectivity index (χ4n) is 2.75. The number of H-pyrrole nitrogens is 1. The zero-order valence-corrected chi connectivity index (χ0v) is 14.5. The van der Waals surface area contributed by atoms with Crippen LogP contribution in [0.4, 0.5) is 10.5 Å². The molecule has 0 aliphatic carbocycles. The molecule has 0 aliphatic heterocycles. The lowest BCUT2D eigenvalue weighted by atomic mass is 10.1. The summed E-state index contributed by atoms with van der Waals surface area (Å²) in [5.74, 6) is 0.974. The van der Waals surface area contributed by atoms with E-state index in [9.17, 15) is 4.79 Å². The van der Waals surface area contributed by atoms with Gasteiger partial charge in [0.05, 0.1) is 17.8 Å². The average Bonchev–Trinajstić information content (AvgIpc) is 3.26. The molecule has 0 unspecified atom stereocenters. The van der Waals surface area contributed by atoms with Gasteiger partial charge in [-0.05, 0) is 44.5 Å². The van der Waals surface area contributed by atoms with Crippen LogP contribution in [0.15, 0.2) is 48.9 Å². The van der Waals surface area contributed by atoms with Gasteiger partial charge in [-0.3, -0.25) is 5.10 Å². The van der Waals surface area contributed by atoms with Crippen LogP contribution < -0.4 is 10.6 Å². The number of hydrogen-bond acceptors (Lipinski definition) is 3. The Kier molecular flexibility index (Phi) is 4.83. The van der Waals surface area contributed by atoms with Gasteiger partial charge in [-0.2, -0.15) is 5.10 Å². The molecule has 7 heteroatoms. The lowest BCUT2D eigenvalue weighted by molar-refractivity contribution is 0.249. The molecule has 0 saturated heterocycles. The Morgan fingerprint density at radius 2 is 1.92 bits per heavy atom. The number of nitrogens with zero attached hydrogens (tertiary/aromatic N) is 3. The molecule has 0 radical (unpaired) electrons. The summed E-state index contributed by atoms with van der Waals surface area (Å²) in [7, 11) is 0. The van der Waals surface area contributed by atoms with E-state index in [1.54, 1.807) is 12.4 Å². The van der Waals surface area contributed by atoms with Gasteiger partial charge in [-0.25, -0.2) is 9.78 Å². The van der Waals surface area contributed by atoms with Crippen LogP contribution in [0.5, 0.6) is 0 Å². The summed E-state index contributed by atoms with van der Waals surface area (Å²) < 4.78 is 2.11. The molecule has 0 aliphatic rings. The maximum Gasteiger partial charge on any atom is 0.319 e. The summed E-state index contributed by atoms with van der Waals surface area (Å²) in [6.07, 6.45) is 5.43. The third-order valence-electron chi connectivity index (χ3n) is 4.27. The van der Waals surface area contributed by atoms with Crippen molar-refractivity contribution in [2.45, 2.75) is 32.9 Å². The Bertz CT molecular complexity index is 822. The highest BCUT2D eigenvalue weighted by Crippen LogP contribution is 2.21. The highest BCUT2D eigenvalue weighted by atomic mass is 16.2. The summed E-state index contributed by atoms with van der Waals surface area (Å²) in [4.78, 5) is 16.4. The molecular formula is C18H22N6O. The van der Waals surface area contributed by atoms with Crippen LogP contribution in [-0.4, -0.2) is 25.8 Å². The maximum atomic E-state index is 12.1. The molecule has 2 atom stereocenters. The Hall–Kier alpha value is -3.09. The maximum absolute atomic E-state index is 12.1. The minimum Gasteiger partial charge on any atom is -0.330 e. The van der Waals surface area contributed by atoms with E-state index < -0.39 is 0 Å². The summed E-state index contributed by atoms with van der Waals surface area (Å²) >= 11 is 0. The Morgan fingerprint density at radius 1 is 1.16 bits per heavy atom. The summed E-state index contributed by atoms with van der Waals surface area (Å²) in [5.41, 5.74) is 2.75. The van der Waals surface area contributed by atoms with Crippen LogP contribution in [0.1, 0.15) is 43.0 Å². The highest BCUT2D eigenvalue weighted by molar-refractivity contribution is 5.89. The summed E-state index contributed by atoms with van der Waals surface area (Å²) in [5, 5.41) is 12.4. The molecule has 25 heavy (non-hydrogen) atoms. The van der Waals surface area contributed by atoms with Gasteiger partial charge in [0.25, 0.3) is 0 Å². The number of aromatic nitrogens is 4. The Labute approximate surface area is 146 Å². The monoisotopic (exact) mass is 338 g/mol. The molecule has 3 rings (SSSR count). The van der Waals surface area contributed by atoms with E-state index >= 15 is 0 Å². The number of aromatic amines is 1. The van der Waals surface area contributed by atoms with E-state index in [2.05, 4.69) is 37.3 Å². The smallest absolute Gasteiger partial charge is 0.319 e. The van der Waals surface area contributed by atoms with Gasteiger partial charge in [-0.1, -0.05) is 12.1 Å². The number of urea groups is 1. The van der Waals surface area contributed by atoms with Crippen LogP contribution in [-0.2, 0) is 0 Å². The van der Waals surface area contributed by atoms with Crippen molar-refractivity contribution in [3.8, 4) is 0 Å². The van der Waals surface area contributed by atoms with Crippen molar-refractivity contribution in [2.24, 2.45) is 0 Å². The van der Waals surface area contributed by atoms with Gasteiger partial charge in [0.2, 0.25) is 0 Å². The van der Waals surface area contributed by atoms with Gasteiger partial charge < -0.3 is 15.2 Å². The second-order valence-electron chi connectivity index (χ2n) is 6.01. The minimum atomic E-state index is -0.256. The van der Waals surface area contributed by atoms with Gasteiger partial charge >= 0.3 is 6.03 Å².